The Kier molecular flexibility index (Phi) is 6.74. The van der Waals surface area contributed by atoms with Gasteiger partial charge in [0.2, 0.25) is 5.91 Å². The van der Waals surface area contributed by atoms with Crippen molar-refractivity contribution in [3.05, 3.63) is 27.7 Å². The number of rotatable bonds is 3. The summed E-state index contributed by atoms with van der Waals surface area (Å²) in [5.74, 6) is -0.109. The van der Waals surface area contributed by atoms with Crippen LogP contribution in [0.15, 0.2) is 22.7 Å². The van der Waals surface area contributed by atoms with Gasteiger partial charge in [-0.05, 0) is 18.2 Å². The van der Waals surface area contributed by atoms with Gasteiger partial charge in [-0.15, -0.1) is 0 Å². The number of ether oxygens (including phenoxy) is 1. The molecule has 0 spiro atoms. The highest BCUT2D eigenvalue weighted by molar-refractivity contribution is 9.10. The molecule has 2 aliphatic heterocycles. The van der Waals surface area contributed by atoms with E-state index >= 15 is 0 Å². The standard InChI is InChI=1S/C17H22BrClN4O3/c18-13-1-2-15(14(19)11-13)20-16(24)12-21-3-5-22(6-4-21)17(25)23-7-9-26-10-8-23/h1-2,11H,3-10,12H2,(H,20,24). The molecule has 0 radical (unpaired) electrons. The Hall–Kier alpha value is -1.35. The number of nitrogens with one attached hydrogen (secondary N) is 1. The van der Waals surface area contributed by atoms with Crippen LogP contribution in [0.4, 0.5) is 10.5 Å². The second-order valence-electron chi connectivity index (χ2n) is 6.32. The van der Waals surface area contributed by atoms with Gasteiger partial charge in [0.1, 0.15) is 0 Å². The van der Waals surface area contributed by atoms with Crippen molar-refractivity contribution in [2.45, 2.75) is 0 Å². The predicted molar refractivity (Wildman–Crippen MR) is 104 cm³/mol. The number of carbonyl (C=O) groups excluding carboxylic acids is 2. The van der Waals surface area contributed by atoms with Crippen LogP contribution < -0.4 is 5.32 Å². The summed E-state index contributed by atoms with van der Waals surface area (Å²) in [5.41, 5.74) is 0.598. The molecule has 0 aromatic heterocycles. The summed E-state index contributed by atoms with van der Waals surface area (Å²) >= 11 is 9.47. The summed E-state index contributed by atoms with van der Waals surface area (Å²) in [5, 5.41) is 3.33. The van der Waals surface area contributed by atoms with Crippen LogP contribution in [0, 0.1) is 0 Å². The fourth-order valence-corrected chi connectivity index (χ4v) is 3.76. The van der Waals surface area contributed by atoms with Gasteiger partial charge in [-0.25, -0.2) is 4.79 Å². The maximum absolute atomic E-state index is 12.5. The molecule has 2 heterocycles. The van der Waals surface area contributed by atoms with E-state index in [-0.39, 0.29) is 18.5 Å². The number of urea groups is 1. The Morgan fingerprint density at radius 2 is 1.73 bits per heavy atom. The maximum atomic E-state index is 12.5. The SMILES string of the molecule is O=C(CN1CCN(C(=O)N2CCOCC2)CC1)Nc1ccc(Br)cc1Cl. The van der Waals surface area contributed by atoms with Crippen molar-refractivity contribution in [2.24, 2.45) is 0 Å². The molecule has 9 heteroatoms. The molecule has 7 nitrogen and oxygen atoms in total. The van der Waals surface area contributed by atoms with Crippen LogP contribution in [-0.2, 0) is 9.53 Å². The third kappa shape index (κ3) is 5.09. The van der Waals surface area contributed by atoms with Gasteiger partial charge in [-0.3, -0.25) is 9.69 Å². The lowest BCUT2D eigenvalue weighted by Crippen LogP contribution is -2.55. The summed E-state index contributed by atoms with van der Waals surface area (Å²) in [6.45, 7) is 5.39. The van der Waals surface area contributed by atoms with Gasteiger partial charge in [0, 0.05) is 43.7 Å². The molecule has 3 rings (SSSR count). The van der Waals surface area contributed by atoms with Crippen molar-refractivity contribution in [1.29, 1.82) is 0 Å². The molecule has 3 amide bonds. The second kappa shape index (κ2) is 9.03. The highest BCUT2D eigenvalue weighted by Crippen LogP contribution is 2.25. The fourth-order valence-electron chi connectivity index (χ4n) is 3.04. The highest BCUT2D eigenvalue weighted by atomic mass is 79.9. The average molecular weight is 446 g/mol. The van der Waals surface area contributed by atoms with E-state index in [4.69, 9.17) is 16.3 Å². The molecule has 0 bridgehead atoms. The van der Waals surface area contributed by atoms with Gasteiger partial charge in [-0.2, -0.15) is 0 Å². The van der Waals surface area contributed by atoms with E-state index in [0.29, 0.717) is 63.2 Å². The Balaban J connectivity index is 1.44. The van der Waals surface area contributed by atoms with Crippen LogP contribution in [0.1, 0.15) is 0 Å². The largest absolute Gasteiger partial charge is 0.378 e. The number of amides is 3. The van der Waals surface area contributed by atoms with Crippen molar-refractivity contribution in [1.82, 2.24) is 14.7 Å². The number of carbonyl (C=O) groups is 2. The van der Waals surface area contributed by atoms with Gasteiger partial charge in [-0.1, -0.05) is 27.5 Å². The summed E-state index contributed by atoms with van der Waals surface area (Å²) in [6.07, 6.45) is 0. The molecule has 142 valence electrons. The first-order valence-corrected chi connectivity index (χ1v) is 9.79. The van der Waals surface area contributed by atoms with Crippen molar-refractivity contribution < 1.29 is 14.3 Å². The van der Waals surface area contributed by atoms with E-state index in [2.05, 4.69) is 21.2 Å². The number of halogens is 2. The van der Waals surface area contributed by atoms with E-state index in [1.165, 1.54) is 0 Å². The third-order valence-electron chi connectivity index (χ3n) is 4.50. The summed E-state index contributed by atoms with van der Waals surface area (Å²) in [4.78, 5) is 30.5. The zero-order valence-corrected chi connectivity index (χ0v) is 16.8. The smallest absolute Gasteiger partial charge is 0.320 e. The highest BCUT2D eigenvalue weighted by Gasteiger charge is 2.27. The first kappa shape index (κ1) is 19.4. The first-order valence-electron chi connectivity index (χ1n) is 8.62. The Bertz CT molecular complexity index is 661. The molecule has 2 fully saturated rings. The van der Waals surface area contributed by atoms with Crippen LogP contribution in [0.5, 0.6) is 0 Å². The van der Waals surface area contributed by atoms with Crippen LogP contribution in [0.25, 0.3) is 0 Å². The quantitative estimate of drug-likeness (QED) is 0.774. The van der Waals surface area contributed by atoms with Crippen LogP contribution >= 0.6 is 27.5 Å². The van der Waals surface area contributed by atoms with Gasteiger partial charge in [0.15, 0.2) is 0 Å². The minimum absolute atomic E-state index is 0.0686. The predicted octanol–water partition coefficient (Wildman–Crippen LogP) is 2.11. The van der Waals surface area contributed by atoms with Crippen molar-refractivity contribution >= 4 is 45.2 Å². The molecule has 0 atom stereocenters. The molecule has 0 aliphatic carbocycles. The fraction of sp³-hybridized carbons (Fsp3) is 0.529. The summed E-state index contributed by atoms with van der Waals surface area (Å²) in [7, 11) is 0. The Morgan fingerprint density at radius 3 is 2.38 bits per heavy atom. The van der Waals surface area contributed by atoms with E-state index in [1.807, 2.05) is 20.8 Å². The molecular formula is C17H22BrClN4O3. The number of hydrogen-bond acceptors (Lipinski definition) is 4. The summed E-state index contributed by atoms with van der Waals surface area (Å²) < 4.78 is 6.15. The molecule has 0 saturated carbocycles. The lowest BCUT2D eigenvalue weighted by molar-refractivity contribution is -0.117. The first-order chi connectivity index (χ1) is 12.5. The molecule has 1 aromatic carbocycles. The number of benzene rings is 1. The number of piperazine rings is 1. The number of nitrogens with zero attached hydrogens (tertiary/aromatic N) is 3. The number of hydrogen-bond donors (Lipinski definition) is 1. The molecule has 2 aliphatic rings. The monoisotopic (exact) mass is 444 g/mol. The number of morpholine rings is 1. The molecular weight excluding hydrogens is 424 g/mol. The van der Waals surface area contributed by atoms with Gasteiger partial charge >= 0.3 is 6.03 Å². The van der Waals surface area contributed by atoms with E-state index in [9.17, 15) is 9.59 Å². The second-order valence-corrected chi connectivity index (χ2v) is 7.64. The topological polar surface area (TPSA) is 65.1 Å². The van der Waals surface area contributed by atoms with Crippen molar-refractivity contribution in [2.75, 3.05) is 64.3 Å². The zero-order chi connectivity index (χ0) is 18.5. The van der Waals surface area contributed by atoms with Gasteiger partial charge in [0.05, 0.1) is 30.5 Å². The number of anilines is 1. The average Bonchev–Trinajstić information content (AvgIpc) is 2.65. The van der Waals surface area contributed by atoms with Gasteiger partial charge in [0.25, 0.3) is 0 Å². The van der Waals surface area contributed by atoms with Gasteiger partial charge < -0.3 is 19.9 Å². The van der Waals surface area contributed by atoms with Crippen molar-refractivity contribution in [3.63, 3.8) is 0 Å². The van der Waals surface area contributed by atoms with Crippen LogP contribution in [-0.4, -0.2) is 85.7 Å². The Labute approximate surface area is 166 Å². The Morgan fingerprint density at radius 1 is 1.08 bits per heavy atom. The normalized spacial score (nSPS) is 18.7. The third-order valence-corrected chi connectivity index (χ3v) is 5.30. The van der Waals surface area contributed by atoms with Crippen LogP contribution in [0.3, 0.4) is 0 Å². The molecule has 1 N–H and O–H groups in total. The van der Waals surface area contributed by atoms with E-state index in [0.717, 1.165) is 4.47 Å². The lowest BCUT2D eigenvalue weighted by atomic mass is 10.3. The lowest BCUT2D eigenvalue weighted by Gasteiger charge is -2.38. The minimum atomic E-state index is -0.109. The maximum Gasteiger partial charge on any atom is 0.320 e. The minimum Gasteiger partial charge on any atom is -0.378 e. The van der Waals surface area contributed by atoms with Crippen molar-refractivity contribution in [3.8, 4) is 0 Å². The molecule has 26 heavy (non-hydrogen) atoms. The van der Waals surface area contributed by atoms with Crippen LogP contribution in [0.2, 0.25) is 5.02 Å². The van der Waals surface area contributed by atoms with E-state index < -0.39 is 0 Å². The zero-order valence-electron chi connectivity index (χ0n) is 14.4. The van der Waals surface area contributed by atoms with E-state index in [1.54, 1.807) is 12.1 Å². The molecule has 1 aromatic rings. The summed E-state index contributed by atoms with van der Waals surface area (Å²) in [6, 6.07) is 5.41. The molecule has 2 saturated heterocycles. The molecule has 0 unspecified atom stereocenters.